The first-order valence-corrected chi connectivity index (χ1v) is 6.71. The minimum absolute atomic E-state index is 0.191. The number of nitrogens with one attached hydrogen (secondary N) is 1. The highest BCUT2D eigenvalue weighted by Gasteiger charge is 2.65. The van der Waals surface area contributed by atoms with Gasteiger partial charge >= 0.3 is 5.97 Å². The van der Waals surface area contributed by atoms with Crippen molar-refractivity contribution in [1.82, 2.24) is 4.98 Å². The Morgan fingerprint density at radius 1 is 1.37 bits per heavy atom. The average molecular weight is 262 g/mol. The lowest BCUT2D eigenvalue weighted by Crippen LogP contribution is -2.16. The van der Waals surface area contributed by atoms with Crippen LogP contribution >= 0.6 is 0 Å². The molecule has 0 radical (unpaired) electrons. The van der Waals surface area contributed by atoms with Crippen LogP contribution in [0.5, 0.6) is 0 Å². The highest BCUT2D eigenvalue weighted by atomic mass is 16.5. The number of rotatable bonds is 4. The summed E-state index contributed by atoms with van der Waals surface area (Å²) in [6.07, 6.45) is 1.69. The zero-order valence-electron chi connectivity index (χ0n) is 12.3. The van der Waals surface area contributed by atoms with Crippen LogP contribution in [0.1, 0.15) is 45.0 Å². The number of anilines is 1. The maximum Gasteiger partial charge on any atom is 0.341 e. The summed E-state index contributed by atoms with van der Waals surface area (Å²) in [5, 5.41) is 3.39. The maximum atomic E-state index is 11.9. The van der Waals surface area contributed by atoms with E-state index in [1.165, 1.54) is 0 Å². The van der Waals surface area contributed by atoms with Crippen LogP contribution in [0.25, 0.3) is 0 Å². The molecule has 0 saturated heterocycles. The third-order valence-electron chi connectivity index (χ3n) is 4.60. The molecular weight excluding hydrogens is 240 g/mol. The predicted octanol–water partition coefficient (Wildman–Crippen LogP) is 3.10. The minimum atomic E-state index is -0.325. The molecule has 0 aliphatic heterocycles. The van der Waals surface area contributed by atoms with Crippen molar-refractivity contribution in [3.05, 3.63) is 23.9 Å². The van der Waals surface area contributed by atoms with Gasteiger partial charge in [-0.3, -0.25) is 0 Å². The van der Waals surface area contributed by atoms with Gasteiger partial charge in [0, 0.05) is 12.2 Å². The Hall–Kier alpha value is -1.58. The molecule has 0 atom stereocenters. The summed E-state index contributed by atoms with van der Waals surface area (Å²) in [5.41, 5.74) is 0.884. The fraction of sp³-hybridized carbons (Fsp3) is 0.600. The van der Waals surface area contributed by atoms with Crippen molar-refractivity contribution in [1.29, 1.82) is 0 Å². The molecule has 1 aliphatic carbocycles. The van der Waals surface area contributed by atoms with Crippen LogP contribution in [0.3, 0.4) is 0 Å². The number of hydrogen-bond donors (Lipinski definition) is 1. The predicted molar refractivity (Wildman–Crippen MR) is 75.2 cm³/mol. The lowest BCUT2D eigenvalue weighted by molar-refractivity contribution is 0.0527. The van der Waals surface area contributed by atoms with Gasteiger partial charge in [-0.05, 0) is 29.9 Å². The second-order valence-electron chi connectivity index (χ2n) is 6.14. The molecular formula is C15H22N2O2. The van der Waals surface area contributed by atoms with Gasteiger partial charge in [-0.2, -0.15) is 0 Å². The molecule has 4 nitrogen and oxygen atoms in total. The summed E-state index contributed by atoms with van der Waals surface area (Å²) in [6, 6.07) is 3.80. The Morgan fingerprint density at radius 2 is 2.00 bits per heavy atom. The average Bonchev–Trinajstić information content (AvgIpc) is 2.73. The Labute approximate surface area is 114 Å². The van der Waals surface area contributed by atoms with Crippen molar-refractivity contribution in [2.45, 2.75) is 40.7 Å². The van der Waals surface area contributed by atoms with Gasteiger partial charge in [-0.25, -0.2) is 9.78 Å². The van der Waals surface area contributed by atoms with Gasteiger partial charge in [-0.15, -0.1) is 0 Å². The smallest absolute Gasteiger partial charge is 0.341 e. The molecule has 1 aromatic rings. The van der Waals surface area contributed by atoms with Gasteiger partial charge in [0.15, 0.2) is 0 Å². The second kappa shape index (κ2) is 4.51. The molecule has 19 heavy (non-hydrogen) atoms. The lowest BCUT2D eigenvalue weighted by atomic mass is 10.0. The third-order valence-corrected chi connectivity index (χ3v) is 4.60. The zero-order valence-corrected chi connectivity index (χ0v) is 12.3. The van der Waals surface area contributed by atoms with E-state index >= 15 is 0 Å². The lowest BCUT2D eigenvalue weighted by Gasteiger charge is -2.11. The molecule has 1 N–H and O–H groups in total. The molecule has 0 amide bonds. The molecule has 1 heterocycles. The molecule has 0 spiro atoms. The molecule has 104 valence electrons. The number of carbonyl (C=O) groups is 1. The quantitative estimate of drug-likeness (QED) is 0.847. The zero-order chi connectivity index (χ0) is 14.3. The van der Waals surface area contributed by atoms with Gasteiger partial charge in [0.05, 0.1) is 6.61 Å². The first kappa shape index (κ1) is 13.8. The number of carbonyl (C=O) groups excluding carboxylic acids is 1. The van der Waals surface area contributed by atoms with E-state index in [0.717, 1.165) is 0 Å². The van der Waals surface area contributed by atoms with Gasteiger partial charge in [0.25, 0.3) is 0 Å². The first-order valence-electron chi connectivity index (χ1n) is 6.71. The molecule has 1 saturated carbocycles. The molecule has 1 aromatic heterocycles. The summed E-state index contributed by atoms with van der Waals surface area (Å²) in [7, 11) is 0. The van der Waals surface area contributed by atoms with E-state index in [-0.39, 0.29) is 16.8 Å². The van der Waals surface area contributed by atoms with Crippen LogP contribution in [0, 0.1) is 10.8 Å². The fourth-order valence-electron chi connectivity index (χ4n) is 2.59. The topological polar surface area (TPSA) is 51.2 Å². The monoisotopic (exact) mass is 262 g/mol. The number of ether oxygens (including phenoxy) is 1. The number of hydrogen-bond acceptors (Lipinski definition) is 4. The minimum Gasteiger partial charge on any atom is -0.462 e. The molecule has 0 bridgehead atoms. The first-order chi connectivity index (χ1) is 8.82. The van der Waals surface area contributed by atoms with E-state index in [1.807, 2.05) is 0 Å². The second-order valence-corrected chi connectivity index (χ2v) is 6.14. The van der Waals surface area contributed by atoms with Crippen molar-refractivity contribution in [3.63, 3.8) is 0 Å². The Kier molecular flexibility index (Phi) is 3.29. The van der Waals surface area contributed by atoms with Crippen molar-refractivity contribution in [2.75, 3.05) is 11.9 Å². The SMILES string of the molecule is CCOC(=O)c1cccnc1NC1C(C)(C)C1(C)C. The van der Waals surface area contributed by atoms with Crippen LogP contribution in [0.15, 0.2) is 18.3 Å². The van der Waals surface area contributed by atoms with Gasteiger partial charge in [0.2, 0.25) is 0 Å². The van der Waals surface area contributed by atoms with E-state index < -0.39 is 0 Å². The van der Waals surface area contributed by atoms with Crippen LogP contribution in [0.4, 0.5) is 5.82 Å². The molecule has 1 fully saturated rings. The van der Waals surface area contributed by atoms with Gasteiger partial charge in [0.1, 0.15) is 11.4 Å². The van der Waals surface area contributed by atoms with Crippen LogP contribution in [0.2, 0.25) is 0 Å². The van der Waals surface area contributed by atoms with E-state index in [1.54, 1.807) is 25.3 Å². The fourth-order valence-corrected chi connectivity index (χ4v) is 2.59. The van der Waals surface area contributed by atoms with Crippen LogP contribution in [-0.2, 0) is 4.74 Å². The molecule has 2 rings (SSSR count). The van der Waals surface area contributed by atoms with E-state index in [9.17, 15) is 4.79 Å². The maximum absolute atomic E-state index is 11.9. The summed E-state index contributed by atoms with van der Waals surface area (Å²) in [4.78, 5) is 16.2. The number of aromatic nitrogens is 1. The Bertz CT molecular complexity index is 481. The highest BCUT2D eigenvalue weighted by molar-refractivity contribution is 5.94. The Morgan fingerprint density at radius 3 is 2.53 bits per heavy atom. The normalized spacial score (nSPS) is 19.8. The van der Waals surface area contributed by atoms with E-state index in [2.05, 4.69) is 38.0 Å². The standard InChI is InChI=1S/C15H22N2O2/c1-6-19-12(18)10-8-7-9-16-11(10)17-13-14(2,3)15(13,4)5/h7-9,13H,6H2,1-5H3,(H,16,17). The van der Waals surface area contributed by atoms with E-state index in [4.69, 9.17) is 4.74 Å². The van der Waals surface area contributed by atoms with Crippen LogP contribution < -0.4 is 5.32 Å². The molecule has 1 aliphatic rings. The largest absolute Gasteiger partial charge is 0.462 e. The summed E-state index contributed by atoms with van der Waals surface area (Å²) in [6.45, 7) is 11.0. The highest BCUT2D eigenvalue weighted by Crippen LogP contribution is 2.63. The third kappa shape index (κ3) is 2.20. The molecule has 0 unspecified atom stereocenters. The van der Waals surface area contributed by atoms with E-state index in [0.29, 0.717) is 24.0 Å². The van der Waals surface area contributed by atoms with Crippen molar-refractivity contribution < 1.29 is 9.53 Å². The molecule has 0 aromatic carbocycles. The summed E-state index contributed by atoms with van der Waals surface area (Å²) in [5.74, 6) is 0.291. The van der Waals surface area contributed by atoms with Crippen molar-refractivity contribution in [3.8, 4) is 0 Å². The Balaban J connectivity index is 2.21. The number of pyridine rings is 1. The summed E-state index contributed by atoms with van der Waals surface area (Å²) >= 11 is 0. The van der Waals surface area contributed by atoms with Gasteiger partial charge in [-0.1, -0.05) is 27.7 Å². The van der Waals surface area contributed by atoms with Crippen molar-refractivity contribution >= 4 is 11.8 Å². The number of esters is 1. The summed E-state index contributed by atoms with van der Waals surface area (Å²) < 4.78 is 5.06. The van der Waals surface area contributed by atoms with Gasteiger partial charge < -0.3 is 10.1 Å². The van der Waals surface area contributed by atoms with Crippen LogP contribution in [-0.4, -0.2) is 23.6 Å². The molecule has 4 heteroatoms. The number of nitrogens with zero attached hydrogens (tertiary/aromatic N) is 1. The van der Waals surface area contributed by atoms with Crippen molar-refractivity contribution in [2.24, 2.45) is 10.8 Å².